The van der Waals surface area contributed by atoms with Gasteiger partial charge >= 0.3 is 6.03 Å². The normalized spacial score (nSPS) is 15.4. The van der Waals surface area contributed by atoms with E-state index < -0.39 is 17.8 Å². The van der Waals surface area contributed by atoms with Crippen molar-refractivity contribution in [2.45, 2.75) is 6.54 Å². The third kappa shape index (κ3) is 3.09. The molecule has 1 saturated heterocycles. The number of benzene rings is 3. The number of amides is 3. The molecule has 4 rings (SSSR count). The van der Waals surface area contributed by atoms with Crippen LogP contribution in [0.1, 0.15) is 11.1 Å². The fraction of sp³-hybridized carbons (Fsp3) is 0.0909. The largest absolute Gasteiger partial charge is 0.496 e. The van der Waals surface area contributed by atoms with Gasteiger partial charge < -0.3 is 10.1 Å². The van der Waals surface area contributed by atoms with E-state index in [1.165, 1.54) is 6.07 Å². The first-order chi connectivity index (χ1) is 13.6. The van der Waals surface area contributed by atoms with Crippen LogP contribution in [0.15, 0.2) is 66.4 Å². The number of hydrogen-bond donors (Lipinski definition) is 1. The van der Waals surface area contributed by atoms with E-state index >= 15 is 0 Å². The molecule has 3 aromatic rings. The van der Waals surface area contributed by atoms with E-state index in [0.717, 1.165) is 15.7 Å². The average Bonchev–Trinajstić information content (AvgIpc) is 2.97. The lowest BCUT2D eigenvalue weighted by atomic mass is 10.0. The summed E-state index contributed by atoms with van der Waals surface area (Å²) in [6, 6.07) is 16.9. The molecule has 0 aromatic heterocycles. The van der Waals surface area contributed by atoms with Crippen LogP contribution in [-0.4, -0.2) is 23.9 Å². The summed E-state index contributed by atoms with van der Waals surface area (Å²) in [5.41, 5.74) is 1.09. The summed E-state index contributed by atoms with van der Waals surface area (Å²) in [7, 11) is 1.55. The molecule has 1 N–H and O–H groups in total. The second kappa shape index (κ2) is 7.15. The lowest BCUT2D eigenvalue weighted by Gasteiger charge is -2.12. The summed E-state index contributed by atoms with van der Waals surface area (Å²) in [4.78, 5) is 26.1. The van der Waals surface area contributed by atoms with Crippen LogP contribution in [-0.2, 0) is 11.3 Å². The third-order valence-electron chi connectivity index (χ3n) is 4.69. The number of carbonyl (C=O) groups excluding carboxylic acids is 2. The molecule has 0 unspecified atom stereocenters. The molecule has 1 fully saturated rings. The Labute approximate surface area is 161 Å². The highest BCUT2D eigenvalue weighted by Gasteiger charge is 2.34. The molecular formula is C22H17FN2O3. The first-order valence-corrected chi connectivity index (χ1v) is 8.72. The van der Waals surface area contributed by atoms with Crippen molar-refractivity contribution in [3.8, 4) is 5.75 Å². The molecule has 1 aliphatic rings. The van der Waals surface area contributed by atoms with Crippen LogP contribution in [0.25, 0.3) is 16.8 Å². The monoisotopic (exact) mass is 376 g/mol. The molecule has 0 saturated carbocycles. The van der Waals surface area contributed by atoms with E-state index in [-0.39, 0.29) is 17.8 Å². The van der Waals surface area contributed by atoms with Gasteiger partial charge in [-0.05, 0) is 29.0 Å². The standard InChI is InChI=1S/C22H17FN2O3/c1-28-20-11-10-14-6-2-4-8-16(14)17(20)12-19-21(26)25(22(27)24-19)13-15-7-3-5-9-18(15)23/h2-12H,13H2,1H3,(H,24,27). The van der Waals surface area contributed by atoms with Crippen molar-refractivity contribution < 1.29 is 18.7 Å². The van der Waals surface area contributed by atoms with Crippen molar-refractivity contribution in [3.63, 3.8) is 0 Å². The number of urea groups is 1. The molecule has 0 radical (unpaired) electrons. The number of imide groups is 1. The van der Waals surface area contributed by atoms with Crippen LogP contribution in [0.5, 0.6) is 5.75 Å². The van der Waals surface area contributed by atoms with Gasteiger partial charge in [-0.15, -0.1) is 0 Å². The van der Waals surface area contributed by atoms with Crippen molar-refractivity contribution in [1.29, 1.82) is 0 Å². The average molecular weight is 376 g/mol. The van der Waals surface area contributed by atoms with E-state index in [2.05, 4.69) is 5.32 Å². The van der Waals surface area contributed by atoms with Gasteiger partial charge in [0.25, 0.3) is 5.91 Å². The van der Waals surface area contributed by atoms with Crippen molar-refractivity contribution in [2.24, 2.45) is 0 Å². The molecule has 0 atom stereocenters. The van der Waals surface area contributed by atoms with Gasteiger partial charge in [-0.2, -0.15) is 0 Å². The zero-order chi connectivity index (χ0) is 19.7. The van der Waals surface area contributed by atoms with Crippen LogP contribution >= 0.6 is 0 Å². The lowest BCUT2D eigenvalue weighted by Crippen LogP contribution is -2.30. The molecule has 6 heteroatoms. The van der Waals surface area contributed by atoms with Gasteiger partial charge in [0.15, 0.2) is 0 Å². The Balaban J connectivity index is 1.72. The topological polar surface area (TPSA) is 58.6 Å². The number of rotatable bonds is 4. The quantitative estimate of drug-likeness (QED) is 0.551. The highest BCUT2D eigenvalue weighted by atomic mass is 19.1. The Bertz CT molecular complexity index is 1120. The lowest BCUT2D eigenvalue weighted by molar-refractivity contribution is -0.123. The number of halogens is 1. The van der Waals surface area contributed by atoms with Crippen molar-refractivity contribution in [2.75, 3.05) is 7.11 Å². The second-order valence-electron chi connectivity index (χ2n) is 6.37. The minimum Gasteiger partial charge on any atom is -0.496 e. The summed E-state index contributed by atoms with van der Waals surface area (Å²) in [5, 5.41) is 4.45. The number of ether oxygens (including phenoxy) is 1. The van der Waals surface area contributed by atoms with Crippen LogP contribution in [0.4, 0.5) is 9.18 Å². The molecule has 0 aliphatic carbocycles. The van der Waals surface area contributed by atoms with Gasteiger partial charge in [0.1, 0.15) is 17.3 Å². The number of carbonyl (C=O) groups is 2. The van der Waals surface area contributed by atoms with Gasteiger partial charge in [0.2, 0.25) is 0 Å². The molecule has 1 heterocycles. The first kappa shape index (κ1) is 17.7. The predicted molar refractivity (Wildman–Crippen MR) is 104 cm³/mol. The minimum absolute atomic E-state index is 0.121. The van der Waals surface area contributed by atoms with Crippen molar-refractivity contribution in [1.82, 2.24) is 10.2 Å². The SMILES string of the molecule is COc1ccc2ccccc2c1C=C1NC(=O)N(Cc2ccccc2F)C1=O. The Kier molecular flexibility index (Phi) is 4.53. The molecule has 0 bridgehead atoms. The van der Waals surface area contributed by atoms with E-state index in [1.807, 2.05) is 36.4 Å². The summed E-state index contributed by atoms with van der Waals surface area (Å²) in [5.74, 6) is -0.389. The number of fused-ring (bicyclic) bond motifs is 1. The minimum atomic E-state index is -0.585. The van der Waals surface area contributed by atoms with Gasteiger partial charge in [0, 0.05) is 11.1 Å². The van der Waals surface area contributed by atoms with Crippen molar-refractivity contribution >= 4 is 28.8 Å². The van der Waals surface area contributed by atoms with Crippen LogP contribution in [0.2, 0.25) is 0 Å². The van der Waals surface area contributed by atoms with Gasteiger partial charge in [0.05, 0.1) is 13.7 Å². The molecule has 3 aromatic carbocycles. The van der Waals surface area contributed by atoms with Gasteiger partial charge in [-0.1, -0.05) is 48.5 Å². The van der Waals surface area contributed by atoms with Gasteiger partial charge in [-0.3, -0.25) is 9.69 Å². The maximum Gasteiger partial charge on any atom is 0.329 e. The number of nitrogens with zero attached hydrogens (tertiary/aromatic N) is 1. The first-order valence-electron chi connectivity index (χ1n) is 8.72. The molecule has 3 amide bonds. The highest BCUT2D eigenvalue weighted by molar-refractivity contribution is 6.14. The molecule has 28 heavy (non-hydrogen) atoms. The van der Waals surface area contributed by atoms with Crippen molar-refractivity contribution in [3.05, 3.63) is 83.3 Å². The van der Waals surface area contributed by atoms with Crippen LogP contribution in [0.3, 0.4) is 0 Å². The Hall–Kier alpha value is -3.67. The maximum atomic E-state index is 13.9. The van der Waals surface area contributed by atoms with E-state index in [4.69, 9.17) is 4.74 Å². The summed E-state index contributed by atoms with van der Waals surface area (Å²) in [6.07, 6.45) is 1.60. The number of nitrogens with one attached hydrogen (secondary N) is 1. The van der Waals surface area contributed by atoms with E-state index in [1.54, 1.807) is 31.4 Å². The van der Waals surface area contributed by atoms with Crippen LogP contribution < -0.4 is 10.1 Å². The zero-order valence-electron chi connectivity index (χ0n) is 15.1. The number of methoxy groups -OCH3 is 1. The van der Waals surface area contributed by atoms with E-state index in [0.29, 0.717) is 11.3 Å². The fourth-order valence-electron chi connectivity index (χ4n) is 3.26. The molecule has 1 aliphatic heterocycles. The molecular weight excluding hydrogens is 359 g/mol. The summed E-state index contributed by atoms with van der Waals surface area (Å²) < 4.78 is 19.3. The smallest absolute Gasteiger partial charge is 0.329 e. The fourth-order valence-corrected chi connectivity index (χ4v) is 3.26. The van der Waals surface area contributed by atoms with E-state index in [9.17, 15) is 14.0 Å². The summed E-state index contributed by atoms with van der Waals surface area (Å²) >= 11 is 0. The van der Waals surface area contributed by atoms with Crippen LogP contribution in [0, 0.1) is 5.82 Å². The molecule has 0 spiro atoms. The summed E-state index contributed by atoms with van der Waals surface area (Å²) in [6.45, 7) is -0.138. The molecule has 5 nitrogen and oxygen atoms in total. The number of hydrogen-bond acceptors (Lipinski definition) is 3. The molecule has 140 valence electrons. The Morgan fingerprint density at radius 3 is 2.57 bits per heavy atom. The zero-order valence-corrected chi connectivity index (χ0v) is 15.1. The Morgan fingerprint density at radius 1 is 1.04 bits per heavy atom. The third-order valence-corrected chi connectivity index (χ3v) is 4.69. The highest BCUT2D eigenvalue weighted by Crippen LogP contribution is 2.31. The second-order valence-corrected chi connectivity index (χ2v) is 6.37. The maximum absolute atomic E-state index is 13.9. The van der Waals surface area contributed by atoms with Gasteiger partial charge in [-0.25, -0.2) is 9.18 Å². The Morgan fingerprint density at radius 2 is 1.79 bits per heavy atom. The predicted octanol–water partition coefficient (Wildman–Crippen LogP) is 4.08.